The normalized spacial score (nSPS) is 11.4. The molecule has 0 bridgehead atoms. The first-order chi connectivity index (χ1) is 12.1. The van der Waals surface area contributed by atoms with E-state index in [1.165, 1.54) is 0 Å². The van der Waals surface area contributed by atoms with E-state index in [-0.39, 0.29) is 5.56 Å². The molecular formula is C20H13F3N2. The molecule has 4 rings (SSSR count). The second-order valence-corrected chi connectivity index (χ2v) is 5.66. The molecule has 0 saturated heterocycles. The Morgan fingerprint density at radius 2 is 1.48 bits per heavy atom. The molecule has 0 saturated carbocycles. The van der Waals surface area contributed by atoms with Crippen LogP contribution in [0, 0.1) is 5.95 Å². The van der Waals surface area contributed by atoms with Gasteiger partial charge in [0.25, 0.3) is 6.43 Å². The molecular weight excluding hydrogens is 325 g/mol. The SMILES string of the molecule is Fc1c(-c2ccc3ccccc3c2)c(C(F)F)nn1-c1ccccc1. The van der Waals surface area contributed by atoms with Crippen LogP contribution in [0.3, 0.4) is 0 Å². The fourth-order valence-electron chi connectivity index (χ4n) is 2.92. The number of fused-ring (bicyclic) bond motifs is 1. The zero-order valence-corrected chi connectivity index (χ0v) is 13.0. The van der Waals surface area contributed by atoms with Gasteiger partial charge in [-0.3, -0.25) is 0 Å². The molecule has 0 aliphatic carbocycles. The van der Waals surface area contributed by atoms with Crippen LogP contribution in [0.5, 0.6) is 0 Å². The highest BCUT2D eigenvalue weighted by atomic mass is 19.3. The molecule has 0 fully saturated rings. The molecule has 0 aliphatic heterocycles. The van der Waals surface area contributed by atoms with Gasteiger partial charge >= 0.3 is 0 Å². The number of para-hydroxylation sites is 1. The summed E-state index contributed by atoms with van der Waals surface area (Å²) in [6.07, 6.45) is -2.87. The number of nitrogens with zero attached hydrogens (tertiary/aromatic N) is 2. The Morgan fingerprint density at radius 3 is 2.20 bits per heavy atom. The van der Waals surface area contributed by atoms with Crippen molar-refractivity contribution < 1.29 is 13.2 Å². The molecule has 0 amide bonds. The molecule has 4 aromatic rings. The van der Waals surface area contributed by atoms with Gasteiger partial charge in [-0.2, -0.15) is 9.49 Å². The fraction of sp³-hybridized carbons (Fsp3) is 0.0500. The first-order valence-electron chi connectivity index (χ1n) is 7.76. The van der Waals surface area contributed by atoms with Crippen molar-refractivity contribution in [2.24, 2.45) is 0 Å². The van der Waals surface area contributed by atoms with Crippen LogP contribution in [-0.2, 0) is 0 Å². The first kappa shape index (κ1) is 15.4. The van der Waals surface area contributed by atoms with E-state index in [0.29, 0.717) is 11.3 Å². The molecule has 0 spiro atoms. The van der Waals surface area contributed by atoms with E-state index < -0.39 is 18.1 Å². The summed E-state index contributed by atoms with van der Waals surface area (Å²) in [5.74, 6) is -0.795. The lowest BCUT2D eigenvalue weighted by atomic mass is 10.0. The third kappa shape index (κ3) is 2.67. The van der Waals surface area contributed by atoms with Gasteiger partial charge in [-0.25, -0.2) is 13.5 Å². The van der Waals surface area contributed by atoms with Crippen molar-refractivity contribution in [2.45, 2.75) is 6.43 Å². The van der Waals surface area contributed by atoms with Gasteiger partial charge in [0.05, 0.1) is 11.3 Å². The van der Waals surface area contributed by atoms with Crippen molar-refractivity contribution in [3.05, 3.63) is 84.4 Å². The monoisotopic (exact) mass is 338 g/mol. The van der Waals surface area contributed by atoms with Gasteiger partial charge in [-0.15, -0.1) is 0 Å². The Bertz CT molecular complexity index is 1040. The second-order valence-electron chi connectivity index (χ2n) is 5.66. The van der Waals surface area contributed by atoms with E-state index in [9.17, 15) is 13.2 Å². The summed E-state index contributed by atoms with van der Waals surface area (Å²) in [4.78, 5) is 0. The summed E-state index contributed by atoms with van der Waals surface area (Å²) in [6, 6.07) is 21.1. The molecule has 2 nitrogen and oxygen atoms in total. The average Bonchev–Trinajstić information content (AvgIpc) is 2.99. The topological polar surface area (TPSA) is 17.8 Å². The van der Waals surface area contributed by atoms with E-state index in [0.717, 1.165) is 15.5 Å². The minimum Gasteiger partial charge on any atom is -0.206 e. The van der Waals surface area contributed by atoms with Crippen LogP contribution in [0.25, 0.3) is 27.6 Å². The van der Waals surface area contributed by atoms with Gasteiger partial charge in [0.15, 0.2) is 0 Å². The molecule has 0 atom stereocenters. The van der Waals surface area contributed by atoms with Crippen LogP contribution in [0.1, 0.15) is 12.1 Å². The summed E-state index contributed by atoms with van der Waals surface area (Å²) in [5.41, 5.74) is 0.0591. The lowest BCUT2D eigenvalue weighted by Crippen LogP contribution is -1.99. The Hall–Kier alpha value is -3.08. The van der Waals surface area contributed by atoms with E-state index in [1.807, 2.05) is 24.3 Å². The van der Waals surface area contributed by atoms with Crippen LogP contribution in [0.2, 0.25) is 0 Å². The molecule has 0 N–H and O–H groups in total. The largest absolute Gasteiger partial charge is 0.282 e. The molecule has 0 aliphatic rings. The predicted octanol–water partition coefficient (Wildman–Crippen LogP) is 5.77. The van der Waals surface area contributed by atoms with E-state index in [4.69, 9.17) is 0 Å². The van der Waals surface area contributed by atoms with E-state index in [2.05, 4.69) is 5.10 Å². The van der Waals surface area contributed by atoms with Gasteiger partial charge in [0.2, 0.25) is 5.95 Å². The average molecular weight is 338 g/mol. The number of halogens is 3. The Kier molecular flexibility index (Phi) is 3.76. The maximum absolute atomic E-state index is 15.0. The highest BCUT2D eigenvalue weighted by molar-refractivity contribution is 5.87. The van der Waals surface area contributed by atoms with Crippen molar-refractivity contribution in [3.8, 4) is 16.8 Å². The van der Waals surface area contributed by atoms with Gasteiger partial charge in [-0.05, 0) is 34.5 Å². The number of rotatable bonds is 3. The van der Waals surface area contributed by atoms with Crippen molar-refractivity contribution in [3.63, 3.8) is 0 Å². The number of benzene rings is 3. The highest BCUT2D eigenvalue weighted by Gasteiger charge is 2.26. The quantitative estimate of drug-likeness (QED) is 0.464. The van der Waals surface area contributed by atoms with Crippen LogP contribution in [-0.4, -0.2) is 9.78 Å². The third-order valence-corrected chi connectivity index (χ3v) is 4.10. The van der Waals surface area contributed by atoms with Crippen molar-refractivity contribution in [1.29, 1.82) is 0 Å². The maximum Gasteiger partial charge on any atom is 0.282 e. The van der Waals surface area contributed by atoms with Crippen LogP contribution >= 0.6 is 0 Å². The van der Waals surface area contributed by atoms with Crippen molar-refractivity contribution in [1.82, 2.24) is 9.78 Å². The van der Waals surface area contributed by atoms with Gasteiger partial charge in [-0.1, -0.05) is 54.6 Å². The molecule has 124 valence electrons. The summed E-state index contributed by atoms with van der Waals surface area (Å²) >= 11 is 0. The Morgan fingerprint density at radius 1 is 0.800 bits per heavy atom. The number of hydrogen-bond acceptors (Lipinski definition) is 1. The molecule has 0 radical (unpaired) electrons. The van der Waals surface area contributed by atoms with Crippen LogP contribution < -0.4 is 0 Å². The molecule has 1 heterocycles. The molecule has 3 aromatic carbocycles. The van der Waals surface area contributed by atoms with E-state index in [1.54, 1.807) is 48.5 Å². The summed E-state index contributed by atoms with van der Waals surface area (Å²) in [5, 5.41) is 5.64. The van der Waals surface area contributed by atoms with E-state index >= 15 is 0 Å². The zero-order valence-electron chi connectivity index (χ0n) is 13.0. The van der Waals surface area contributed by atoms with Crippen molar-refractivity contribution in [2.75, 3.05) is 0 Å². The minimum absolute atomic E-state index is 0.162. The summed E-state index contributed by atoms with van der Waals surface area (Å²) in [7, 11) is 0. The lowest BCUT2D eigenvalue weighted by Gasteiger charge is -2.05. The predicted molar refractivity (Wildman–Crippen MR) is 91.4 cm³/mol. The Labute approximate surface area is 142 Å². The lowest BCUT2D eigenvalue weighted by molar-refractivity contribution is 0.146. The van der Waals surface area contributed by atoms with Gasteiger partial charge in [0, 0.05) is 0 Å². The third-order valence-electron chi connectivity index (χ3n) is 4.10. The molecule has 0 unspecified atom stereocenters. The number of aromatic nitrogens is 2. The van der Waals surface area contributed by atoms with Crippen LogP contribution in [0.4, 0.5) is 13.2 Å². The van der Waals surface area contributed by atoms with Gasteiger partial charge in [0.1, 0.15) is 5.69 Å². The maximum atomic E-state index is 15.0. The highest BCUT2D eigenvalue weighted by Crippen LogP contribution is 2.35. The minimum atomic E-state index is -2.87. The number of hydrogen-bond donors (Lipinski definition) is 0. The fourth-order valence-corrected chi connectivity index (χ4v) is 2.92. The standard InChI is InChI=1S/C20H13F3N2/c21-19(22)18-17(15-11-10-13-6-4-5-7-14(13)12-15)20(23)25(24-18)16-8-2-1-3-9-16/h1-12,19H. The van der Waals surface area contributed by atoms with Crippen molar-refractivity contribution >= 4 is 10.8 Å². The summed E-state index contributed by atoms with van der Waals surface area (Å²) < 4.78 is 42.9. The second kappa shape index (κ2) is 6.09. The molecule has 1 aromatic heterocycles. The summed E-state index contributed by atoms with van der Waals surface area (Å²) in [6.45, 7) is 0. The molecule has 25 heavy (non-hydrogen) atoms. The Balaban J connectivity index is 1.94. The zero-order chi connectivity index (χ0) is 17.4. The first-order valence-corrected chi connectivity index (χ1v) is 7.76. The van der Waals surface area contributed by atoms with Gasteiger partial charge < -0.3 is 0 Å². The van der Waals surface area contributed by atoms with Crippen LogP contribution in [0.15, 0.2) is 72.8 Å². The smallest absolute Gasteiger partial charge is 0.206 e. The number of alkyl halides is 2. The molecule has 5 heteroatoms.